The summed E-state index contributed by atoms with van der Waals surface area (Å²) in [5, 5.41) is 2.16. The molecule has 1 unspecified atom stereocenters. The van der Waals surface area contributed by atoms with E-state index in [1.807, 2.05) is 13.1 Å². The molecule has 0 saturated heterocycles. The van der Waals surface area contributed by atoms with E-state index in [0.29, 0.717) is 5.56 Å². The van der Waals surface area contributed by atoms with E-state index < -0.39 is 24.7 Å². The van der Waals surface area contributed by atoms with Crippen LogP contribution in [-0.2, 0) is 11.2 Å². The number of halogens is 3. The molecular weight excluding hydrogens is 271 g/mol. The Hall–Kier alpha value is -1.76. The Bertz CT molecular complexity index is 516. The molecule has 0 fully saturated rings. The number of hydrogen-bond acceptors (Lipinski definition) is 3. The molecule has 110 valence electrons. The van der Waals surface area contributed by atoms with Crippen LogP contribution < -0.4 is 16.0 Å². The maximum atomic E-state index is 12.2. The van der Waals surface area contributed by atoms with Crippen LogP contribution in [0.15, 0.2) is 18.2 Å². The van der Waals surface area contributed by atoms with Gasteiger partial charge in [0.05, 0.1) is 6.54 Å². The number of carbonyl (C=O) groups excluding carboxylic acids is 1. The minimum atomic E-state index is -4.38. The summed E-state index contributed by atoms with van der Waals surface area (Å²) in [6.45, 7) is -0.395. The summed E-state index contributed by atoms with van der Waals surface area (Å²) in [4.78, 5) is 13.4. The van der Waals surface area contributed by atoms with Gasteiger partial charge in [-0.25, -0.2) is 0 Å². The van der Waals surface area contributed by atoms with Crippen molar-refractivity contribution in [3.05, 3.63) is 29.3 Å². The summed E-state index contributed by atoms with van der Waals surface area (Å²) >= 11 is 0. The van der Waals surface area contributed by atoms with Crippen LogP contribution >= 0.6 is 0 Å². The van der Waals surface area contributed by atoms with E-state index >= 15 is 0 Å². The van der Waals surface area contributed by atoms with Crippen LogP contribution in [0.3, 0.4) is 0 Å². The van der Waals surface area contributed by atoms with Gasteiger partial charge in [-0.2, -0.15) is 13.2 Å². The first-order valence-electron chi connectivity index (χ1n) is 6.21. The monoisotopic (exact) mass is 287 g/mol. The zero-order chi connectivity index (χ0) is 14.9. The molecule has 1 aliphatic rings. The van der Waals surface area contributed by atoms with Gasteiger partial charge in [-0.1, -0.05) is 12.1 Å². The van der Waals surface area contributed by atoms with Crippen LogP contribution in [0.25, 0.3) is 0 Å². The van der Waals surface area contributed by atoms with Crippen molar-refractivity contribution in [3.8, 4) is 0 Å². The van der Waals surface area contributed by atoms with Crippen LogP contribution in [0.1, 0.15) is 17.2 Å². The molecule has 0 spiro atoms. The largest absolute Gasteiger partial charge is 0.401 e. The van der Waals surface area contributed by atoms with Crippen LogP contribution in [0, 0.1) is 0 Å². The highest BCUT2D eigenvalue weighted by atomic mass is 19.4. The van der Waals surface area contributed by atoms with Gasteiger partial charge in [0.1, 0.15) is 6.04 Å². The smallest absolute Gasteiger partial charge is 0.374 e. The molecule has 4 nitrogen and oxygen atoms in total. The molecule has 1 aromatic carbocycles. The minimum Gasteiger partial charge on any atom is -0.374 e. The van der Waals surface area contributed by atoms with Gasteiger partial charge in [0.2, 0.25) is 5.91 Å². The average Bonchev–Trinajstić information content (AvgIpc) is 2.69. The van der Waals surface area contributed by atoms with Crippen molar-refractivity contribution in [1.82, 2.24) is 5.32 Å². The lowest BCUT2D eigenvalue weighted by atomic mass is 10.0. The Balaban J connectivity index is 2.20. The number of hydrogen-bond donors (Lipinski definition) is 2. The first-order valence-corrected chi connectivity index (χ1v) is 6.21. The predicted octanol–water partition coefficient (Wildman–Crippen LogP) is 1.36. The van der Waals surface area contributed by atoms with Crippen LogP contribution in [0.4, 0.5) is 18.9 Å². The molecule has 1 heterocycles. The third kappa shape index (κ3) is 3.22. The van der Waals surface area contributed by atoms with E-state index in [-0.39, 0.29) is 0 Å². The topological polar surface area (TPSA) is 58.4 Å². The van der Waals surface area contributed by atoms with E-state index in [1.165, 1.54) is 0 Å². The van der Waals surface area contributed by atoms with Crippen molar-refractivity contribution in [2.24, 2.45) is 5.73 Å². The number of alkyl halides is 3. The van der Waals surface area contributed by atoms with Crippen molar-refractivity contribution < 1.29 is 18.0 Å². The molecule has 7 heteroatoms. The van der Waals surface area contributed by atoms with Crippen molar-refractivity contribution >= 4 is 11.6 Å². The molecule has 0 saturated carbocycles. The predicted molar refractivity (Wildman–Crippen MR) is 69.4 cm³/mol. The van der Waals surface area contributed by atoms with Gasteiger partial charge < -0.3 is 10.6 Å². The SMILES string of the molecule is CN1CCc2cc(C(NCC(F)(F)F)C(N)=O)ccc21. The summed E-state index contributed by atoms with van der Waals surface area (Å²) in [5.41, 5.74) is 7.71. The molecule has 0 radical (unpaired) electrons. The lowest BCUT2D eigenvalue weighted by molar-refractivity contribution is -0.130. The normalized spacial score (nSPS) is 16.1. The number of rotatable bonds is 4. The molecule has 0 aliphatic carbocycles. The number of nitrogens with two attached hydrogens (primary N) is 1. The maximum absolute atomic E-state index is 12.2. The fourth-order valence-electron chi connectivity index (χ4n) is 2.37. The number of fused-ring (bicyclic) bond motifs is 1. The quantitative estimate of drug-likeness (QED) is 0.879. The number of nitrogens with one attached hydrogen (secondary N) is 1. The van der Waals surface area contributed by atoms with Gasteiger partial charge in [0.25, 0.3) is 0 Å². The van der Waals surface area contributed by atoms with Gasteiger partial charge in [0.15, 0.2) is 0 Å². The lowest BCUT2D eigenvalue weighted by Gasteiger charge is -2.18. The Labute approximate surface area is 114 Å². The summed E-state index contributed by atoms with van der Waals surface area (Å²) in [6, 6.07) is 4.06. The second-order valence-corrected chi connectivity index (χ2v) is 4.89. The lowest BCUT2D eigenvalue weighted by Crippen LogP contribution is -2.39. The number of likely N-dealkylation sites (N-methyl/N-ethyl adjacent to an activating group) is 1. The number of benzene rings is 1. The summed E-state index contributed by atoms with van der Waals surface area (Å²) in [5.74, 6) is -0.819. The van der Waals surface area contributed by atoms with Crippen molar-refractivity contribution in [3.63, 3.8) is 0 Å². The highest BCUT2D eigenvalue weighted by Gasteiger charge is 2.30. The Morgan fingerprint density at radius 1 is 1.50 bits per heavy atom. The number of anilines is 1. The summed E-state index contributed by atoms with van der Waals surface area (Å²) in [6.07, 6.45) is -3.57. The van der Waals surface area contributed by atoms with Gasteiger partial charge in [-0.15, -0.1) is 0 Å². The fourth-order valence-corrected chi connectivity index (χ4v) is 2.37. The molecule has 0 aromatic heterocycles. The van der Waals surface area contributed by atoms with Gasteiger partial charge >= 0.3 is 6.18 Å². The van der Waals surface area contributed by atoms with Crippen LogP contribution in [0.5, 0.6) is 0 Å². The highest BCUT2D eigenvalue weighted by Crippen LogP contribution is 2.29. The zero-order valence-electron chi connectivity index (χ0n) is 11.0. The Kier molecular flexibility index (Phi) is 3.89. The second-order valence-electron chi connectivity index (χ2n) is 4.89. The first kappa shape index (κ1) is 14.6. The molecule has 1 atom stereocenters. The van der Waals surface area contributed by atoms with Gasteiger partial charge in [0, 0.05) is 19.3 Å². The highest BCUT2D eigenvalue weighted by molar-refractivity contribution is 5.82. The molecule has 0 bridgehead atoms. The first-order chi connectivity index (χ1) is 9.28. The maximum Gasteiger partial charge on any atom is 0.401 e. The van der Waals surface area contributed by atoms with E-state index in [1.54, 1.807) is 12.1 Å². The van der Waals surface area contributed by atoms with Crippen molar-refractivity contribution in [2.45, 2.75) is 18.6 Å². The standard InChI is InChI=1S/C13H16F3N3O/c1-19-5-4-8-6-9(2-3-10(8)19)11(12(17)20)18-7-13(14,15)16/h2-3,6,11,18H,4-5,7H2,1H3,(H2,17,20). The van der Waals surface area contributed by atoms with Gasteiger partial charge in [-0.3, -0.25) is 10.1 Å². The molecule has 1 aliphatic heterocycles. The van der Waals surface area contributed by atoms with Crippen molar-refractivity contribution in [2.75, 3.05) is 25.0 Å². The average molecular weight is 287 g/mol. The summed E-state index contributed by atoms with van der Waals surface area (Å²) in [7, 11) is 1.94. The van der Waals surface area contributed by atoms with Crippen LogP contribution in [0.2, 0.25) is 0 Å². The van der Waals surface area contributed by atoms with E-state index in [4.69, 9.17) is 5.73 Å². The number of amides is 1. The molecule has 2 rings (SSSR count). The van der Waals surface area contributed by atoms with E-state index in [0.717, 1.165) is 24.2 Å². The van der Waals surface area contributed by atoms with E-state index in [9.17, 15) is 18.0 Å². The minimum absolute atomic E-state index is 0.468. The second kappa shape index (κ2) is 5.32. The number of nitrogens with zero attached hydrogens (tertiary/aromatic N) is 1. The number of carbonyl (C=O) groups is 1. The molecule has 3 N–H and O–H groups in total. The number of primary amides is 1. The third-order valence-corrected chi connectivity index (χ3v) is 3.36. The third-order valence-electron chi connectivity index (χ3n) is 3.36. The zero-order valence-corrected chi connectivity index (χ0v) is 11.0. The van der Waals surface area contributed by atoms with Crippen molar-refractivity contribution in [1.29, 1.82) is 0 Å². The molecule has 20 heavy (non-hydrogen) atoms. The molecular formula is C13H16F3N3O. The molecule has 1 amide bonds. The Morgan fingerprint density at radius 2 is 2.20 bits per heavy atom. The summed E-state index contributed by atoms with van der Waals surface area (Å²) < 4.78 is 36.7. The van der Waals surface area contributed by atoms with Crippen LogP contribution in [-0.4, -0.2) is 32.2 Å². The van der Waals surface area contributed by atoms with E-state index in [2.05, 4.69) is 10.2 Å². The Morgan fingerprint density at radius 3 is 2.80 bits per heavy atom. The van der Waals surface area contributed by atoms with Gasteiger partial charge in [-0.05, 0) is 23.6 Å². The molecule has 1 aromatic rings. The fraction of sp³-hybridized carbons (Fsp3) is 0.462.